The van der Waals surface area contributed by atoms with E-state index in [0.29, 0.717) is 5.41 Å². The standard InChI is InChI=1S/C14H32N2/c1-7-9-15-10-12-16(6)11-8-13(2)14(3,4)5/h13,15H,7-12H2,1-6H3. The van der Waals surface area contributed by atoms with E-state index in [9.17, 15) is 0 Å². The van der Waals surface area contributed by atoms with E-state index in [2.05, 4.69) is 51.9 Å². The monoisotopic (exact) mass is 228 g/mol. The molecule has 1 unspecified atom stereocenters. The number of likely N-dealkylation sites (N-methyl/N-ethyl adjacent to an activating group) is 1. The Kier molecular flexibility index (Phi) is 8.04. The molecular formula is C14H32N2. The fourth-order valence-electron chi connectivity index (χ4n) is 1.53. The summed E-state index contributed by atoms with van der Waals surface area (Å²) in [5, 5.41) is 3.44. The topological polar surface area (TPSA) is 15.3 Å². The van der Waals surface area contributed by atoms with E-state index in [1.807, 2.05) is 0 Å². The van der Waals surface area contributed by atoms with Gasteiger partial charge in [0.1, 0.15) is 0 Å². The van der Waals surface area contributed by atoms with Gasteiger partial charge in [0, 0.05) is 13.1 Å². The Balaban J connectivity index is 3.53. The van der Waals surface area contributed by atoms with Gasteiger partial charge in [-0.3, -0.25) is 0 Å². The van der Waals surface area contributed by atoms with Gasteiger partial charge < -0.3 is 10.2 Å². The van der Waals surface area contributed by atoms with Crippen LogP contribution in [0.4, 0.5) is 0 Å². The molecule has 0 aromatic carbocycles. The normalized spacial score (nSPS) is 14.4. The second-order valence-electron chi connectivity index (χ2n) is 6.11. The summed E-state index contributed by atoms with van der Waals surface area (Å²) in [6, 6.07) is 0. The highest BCUT2D eigenvalue weighted by Crippen LogP contribution is 2.27. The third-order valence-electron chi connectivity index (χ3n) is 3.52. The first-order valence-corrected chi connectivity index (χ1v) is 6.77. The molecule has 1 atom stereocenters. The second kappa shape index (κ2) is 8.08. The van der Waals surface area contributed by atoms with Crippen LogP contribution in [0.25, 0.3) is 0 Å². The summed E-state index contributed by atoms with van der Waals surface area (Å²) in [7, 11) is 2.23. The number of hydrogen-bond donors (Lipinski definition) is 1. The van der Waals surface area contributed by atoms with Crippen LogP contribution >= 0.6 is 0 Å². The van der Waals surface area contributed by atoms with Crippen molar-refractivity contribution in [2.75, 3.05) is 33.2 Å². The second-order valence-corrected chi connectivity index (χ2v) is 6.11. The molecule has 0 bridgehead atoms. The SMILES string of the molecule is CCCNCCN(C)CCC(C)C(C)(C)C. The minimum atomic E-state index is 0.446. The van der Waals surface area contributed by atoms with Crippen molar-refractivity contribution in [1.29, 1.82) is 0 Å². The van der Waals surface area contributed by atoms with Gasteiger partial charge in [-0.2, -0.15) is 0 Å². The van der Waals surface area contributed by atoms with Crippen LogP contribution in [0.1, 0.15) is 47.5 Å². The van der Waals surface area contributed by atoms with Gasteiger partial charge in [0.05, 0.1) is 0 Å². The Labute approximate surface area is 103 Å². The van der Waals surface area contributed by atoms with E-state index in [0.717, 1.165) is 25.6 Å². The van der Waals surface area contributed by atoms with E-state index < -0.39 is 0 Å². The van der Waals surface area contributed by atoms with Crippen molar-refractivity contribution in [2.24, 2.45) is 11.3 Å². The minimum absolute atomic E-state index is 0.446. The average molecular weight is 228 g/mol. The summed E-state index contributed by atoms with van der Waals surface area (Å²) < 4.78 is 0. The Bertz CT molecular complexity index is 161. The maximum atomic E-state index is 3.44. The lowest BCUT2D eigenvalue weighted by atomic mass is 9.80. The highest BCUT2D eigenvalue weighted by atomic mass is 15.1. The zero-order chi connectivity index (χ0) is 12.6. The van der Waals surface area contributed by atoms with Crippen LogP contribution in [-0.2, 0) is 0 Å². The third-order valence-corrected chi connectivity index (χ3v) is 3.52. The molecular weight excluding hydrogens is 196 g/mol. The molecule has 0 aliphatic heterocycles. The molecule has 0 spiro atoms. The van der Waals surface area contributed by atoms with Gasteiger partial charge in [-0.25, -0.2) is 0 Å². The predicted molar refractivity (Wildman–Crippen MR) is 73.9 cm³/mol. The molecule has 0 aliphatic carbocycles. The molecule has 0 aromatic rings. The summed E-state index contributed by atoms with van der Waals surface area (Å²) >= 11 is 0. The van der Waals surface area contributed by atoms with Crippen LogP contribution in [0.5, 0.6) is 0 Å². The fraction of sp³-hybridized carbons (Fsp3) is 1.00. The van der Waals surface area contributed by atoms with Crippen molar-refractivity contribution in [3.63, 3.8) is 0 Å². The van der Waals surface area contributed by atoms with Crippen molar-refractivity contribution in [3.05, 3.63) is 0 Å². The zero-order valence-corrected chi connectivity index (χ0v) is 12.3. The number of nitrogens with one attached hydrogen (secondary N) is 1. The maximum Gasteiger partial charge on any atom is 0.0104 e. The lowest BCUT2D eigenvalue weighted by Crippen LogP contribution is -2.32. The van der Waals surface area contributed by atoms with E-state index in [-0.39, 0.29) is 0 Å². The molecule has 0 rings (SSSR count). The largest absolute Gasteiger partial charge is 0.315 e. The van der Waals surface area contributed by atoms with Gasteiger partial charge in [-0.15, -0.1) is 0 Å². The quantitative estimate of drug-likeness (QED) is 0.643. The van der Waals surface area contributed by atoms with Crippen LogP contribution in [0.15, 0.2) is 0 Å². The number of rotatable bonds is 8. The Morgan fingerprint density at radius 2 is 1.75 bits per heavy atom. The van der Waals surface area contributed by atoms with Crippen molar-refractivity contribution in [3.8, 4) is 0 Å². The number of hydrogen-bond acceptors (Lipinski definition) is 2. The van der Waals surface area contributed by atoms with Crippen LogP contribution in [-0.4, -0.2) is 38.1 Å². The predicted octanol–water partition coefficient (Wildman–Crippen LogP) is 2.99. The van der Waals surface area contributed by atoms with Crippen molar-refractivity contribution in [2.45, 2.75) is 47.5 Å². The first kappa shape index (κ1) is 15.9. The van der Waals surface area contributed by atoms with Crippen molar-refractivity contribution >= 4 is 0 Å². The van der Waals surface area contributed by atoms with Crippen LogP contribution in [0.2, 0.25) is 0 Å². The molecule has 0 saturated heterocycles. The first-order valence-electron chi connectivity index (χ1n) is 6.77. The van der Waals surface area contributed by atoms with E-state index in [1.165, 1.54) is 19.4 Å². The average Bonchev–Trinajstić information content (AvgIpc) is 2.19. The van der Waals surface area contributed by atoms with Crippen LogP contribution in [0, 0.1) is 11.3 Å². The molecule has 1 N–H and O–H groups in total. The molecule has 0 aromatic heterocycles. The van der Waals surface area contributed by atoms with Gasteiger partial charge in [0.25, 0.3) is 0 Å². The van der Waals surface area contributed by atoms with E-state index in [1.54, 1.807) is 0 Å². The molecule has 0 saturated carbocycles. The Morgan fingerprint density at radius 1 is 1.12 bits per heavy atom. The molecule has 0 radical (unpaired) electrons. The van der Waals surface area contributed by atoms with E-state index in [4.69, 9.17) is 0 Å². The smallest absolute Gasteiger partial charge is 0.0104 e. The van der Waals surface area contributed by atoms with Crippen LogP contribution < -0.4 is 5.32 Å². The molecule has 16 heavy (non-hydrogen) atoms. The summed E-state index contributed by atoms with van der Waals surface area (Å²) in [4.78, 5) is 2.44. The Morgan fingerprint density at radius 3 is 2.25 bits per heavy atom. The molecule has 0 aliphatic rings. The molecule has 0 fully saturated rings. The summed E-state index contributed by atoms with van der Waals surface area (Å²) in [5.74, 6) is 0.790. The molecule has 98 valence electrons. The first-order chi connectivity index (χ1) is 7.38. The van der Waals surface area contributed by atoms with Crippen LogP contribution in [0.3, 0.4) is 0 Å². The van der Waals surface area contributed by atoms with Gasteiger partial charge in [0.2, 0.25) is 0 Å². The Hall–Kier alpha value is -0.0800. The van der Waals surface area contributed by atoms with Gasteiger partial charge in [-0.05, 0) is 44.3 Å². The molecule has 2 nitrogen and oxygen atoms in total. The third kappa shape index (κ3) is 8.12. The number of nitrogens with zero attached hydrogens (tertiary/aromatic N) is 1. The lowest BCUT2D eigenvalue weighted by molar-refractivity contribution is 0.212. The fourth-order valence-corrected chi connectivity index (χ4v) is 1.53. The molecule has 0 amide bonds. The van der Waals surface area contributed by atoms with Gasteiger partial charge in [-0.1, -0.05) is 34.6 Å². The summed E-state index contributed by atoms with van der Waals surface area (Å²) in [6.45, 7) is 16.2. The molecule has 0 heterocycles. The summed E-state index contributed by atoms with van der Waals surface area (Å²) in [5.41, 5.74) is 0.446. The highest BCUT2D eigenvalue weighted by Gasteiger charge is 2.19. The molecule has 2 heteroatoms. The maximum absolute atomic E-state index is 3.44. The van der Waals surface area contributed by atoms with Gasteiger partial charge in [0.15, 0.2) is 0 Å². The highest BCUT2D eigenvalue weighted by molar-refractivity contribution is 4.71. The zero-order valence-electron chi connectivity index (χ0n) is 12.3. The lowest BCUT2D eigenvalue weighted by Gasteiger charge is -2.29. The van der Waals surface area contributed by atoms with Gasteiger partial charge >= 0.3 is 0 Å². The minimum Gasteiger partial charge on any atom is -0.315 e. The van der Waals surface area contributed by atoms with Crippen molar-refractivity contribution in [1.82, 2.24) is 10.2 Å². The summed E-state index contributed by atoms with van der Waals surface area (Å²) in [6.07, 6.45) is 2.53. The van der Waals surface area contributed by atoms with E-state index >= 15 is 0 Å². The van der Waals surface area contributed by atoms with Crippen molar-refractivity contribution < 1.29 is 0 Å².